The molecule has 2 aromatic rings. The number of benzene rings is 1. The van der Waals surface area contributed by atoms with Crippen LogP contribution in [0.3, 0.4) is 0 Å². The Morgan fingerprint density at radius 2 is 2.12 bits per heavy atom. The third-order valence-corrected chi connectivity index (χ3v) is 3.37. The van der Waals surface area contributed by atoms with E-state index < -0.39 is 0 Å². The Morgan fingerprint density at radius 3 is 2.88 bits per heavy atom. The predicted octanol–water partition coefficient (Wildman–Crippen LogP) is 2.80. The van der Waals surface area contributed by atoms with Gasteiger partial charge in [0.05, 0.1) is 0 Å². The van der Waals surface area contributed by atoms with Crippen molar-refractivity contribution in [2.45, 2.75) is 13.3 Å². The van der Waals surface area contributed by atoms with Crippen LogP contribution in [0.4, 0.5) is 0 Å². The summed E-state index contributed by atoms with van der Waals surface area (Å²) in [6.07, 6.45) is 2.97. The number of rotatable bonds is 5. The predicted molar refractivity (Wildman–Crippen MR) is 74.4 cm³/mol. The summed E-state index contributed by atoms with van der Waals surface area (Å²) < 4.78 is 2.28. The quantitative estimate of drug-likeness (QED) is 0.615. The molecule has 0 bridgehead atoms. The molecule has 0 spiro atoms. The van der Waals surface area contributed by atoms with Gasteiger partial charge in [-0.1, -0.05) is 24.3 Å². The Hall–Kier alpha value is -1.54. The second-order valence-corrected chi connectivity index (χ2v) is 4.38. The summed E-state index contributed by atoms with van der Waals surface area (Å²) in [7, 11) is 2.14. The lowest BCUT2D eigenvalue weighted by molar-refractivity contribution is 0.741. The number of aryl methyl sites for hydroxylation is 1. The van der Waals surface area contributed by atoms with Crippen molar-refractivity contribution in [1.82, 2.24) is 9.88 Å². The largest absolute Gasteiger partial charge is 0.348 e. The van der Waals surface area contributed by atoms with E-state index in [2.05, 4.69) is 54.7 Å². The zero-order chi connectivity index (χ0) is 12.3. The van der Waals surface area contributed by atoms with E-state index in [1.54, 1.807) is 0 Å². The average molecular weight is 228 g/mol. The molecule has 0 atom stereocenters. The van der Waals surface area contributed by atoms with Crippen LogP contribution in [-0.2, 0) is 13.5 Å². The molecule has 0 unspecified atom stereocenters. The fourth-order valence-electron chi connectivity index (χ4n) is 2.33. The lowest BCUT2D eigenvalue weighted by atomic mass is 10.1. The highest BCUT2D eigenvalue weighted by Gasteiger charge is 2.10. The fraction of sp³-hybridized carbons (Fsp3) is 0.333. The average Bonchev–Trinajstić information content (AvgIpc) is 2.60. The molecule has 0 aliphatic rings. The third kappa shape index (κ3) is 2.27. The van der Waals surface area contributed by atoms with E-state index in [0.29, 0.717) is 0 Å². The number of nitrogens with zero attached hydrogens (tertiary/aromatic N) is 1. The maximum Gasteiger partial charge on any atom is 0.0482 e. The first-order valence-electron chi connectivity index (χ1n) is 6.10. The van der Waals surface area contributed by atoms with Crippen molar-refractivity contribution in [3.05, 3.63) is 48.2 Å². The monoisotopic (exact) mass is 228 g/mol. The van der Waals surface area contributed by atoms with Crippen molar-refractivity contribution in [2.24, 2.45) is 7.05 Å². The molecule has 2 rings (SSSR count). The van der Waals surface area contributed by atoms with Crippen LogP contribution in [0.25, 0.3) is 10.9 Å². The van der Waals surface area contributed by atoms with Crippen LogP contribution in [-0.4, -0.2) is 17.7 Å². The molecule has 0 saturated heterocycles. The number of para-hydroxylation sites is 1. The van der Waals surface area contributed by atoms with Gasteiger partial charge in [0.2, 0.25) is 0 Å². The first-order valence-corrected chi connectivity index (χ1v) is 6.10. The first-order chi connectivity index (χ1) is 8.25. The summed E-state index contributed by atoms with van der Waals surface area (Å²) in [5, 5.41) is 4.74. The number of aromatic nitrogens is 1. The van der Waals surface area contributed by atoms with Crippen molar-refractivity contribution >= 4 is 10.9 Å². The second-order valence-electron chi connectivity index (χ2n) is 4.38. The molecule has 1 heterocycles. The van der Waals surface area contributed by atoms with Gasteiger partial charge in [-0.05, 0) is 31.5 Å². The zero-order valence-corrected chi connectivity index (χ0v) is 10.7. The fourth-order valence-corrected chi connectivity index (χ4v) is 2.33. The molecule has 1 aromatic carbocycles. The summed E-state index contributed by atoms with van der Waals surface area (Å²) in [6, 6.07) is 8.61. The third-order valence-electron chi connectivity index (χ3n) is 3.37. The van der Waals surface area contributed by atoms with Crippen LogP contribution in [0.15, 0.2) is 36.9 Å². The molecule has 0 aliphatic carbocycles. The second kappa shape index (κ2) is 5.19. The van der Waals surface area contributed by atoms with Crippen molar-refractivity contribution in [2.75, 3.05) is 13.1 Å². The van der Waals surface area contributed by atoms with E-state index in [9.17, 15) is 0 Å². The molecule has 0 amide bonds. The van der Waals surface area contributed by atoms with Gasteiger partial charge < -0.3 is 9.88 Å². The molecule has 0 radical (unpaired) electrons. The molecule has 2 nitrogen and oxygen atoms in total. The van der Waals surface area contributed by atoms with Gasteiger partial charge in [0.25, 0.3) is 0 Å². The molecule has 90 valence electrons. The number of hydrogen-bond donors (Lipinski definition) is 1. The molecule has 17 heavy (non-hydrogen) atoms. The first kappa shape index (κ1) is 11.9. The lowest BCUT2D eigenvalue weighted by Gasteiger charge is -2.03. The van der Waals surface area contributed by atoms with Crippen LogP contribution in [0.2, 0.25) is 0 Å². The molecule has 1 aromatic heterocycles. The summed E-state index contributed by atoms with van der Waals surface area (Å²) in [6.45, 7) is 7.79. The molecule has 0 fully saturated rings. The molecule has 1 N–H and O–H groups in total. The summed E-state index contributed by atoms with van der Waals surface area (Å²) in [5.41, 5.74) is 4.15. The van der Waals surface area contributed by atoms with Crippen LogP contribution >= 0.6 is 0 Å². The number of hydrogen-bond acceptors (Lipinski definition) is 1. The Kier molecular flexibility index (Phi) is 3.64. The molecule has 0 aliphatic heterocycles. The van der Waals surface area contributed by atoms with Gasteiger partial charge in [0, 0.05) is 30.2 Å². The minimum Gasteiger partial charge on any atom is -0.348 e. The van der Waals surface area contributed by atoms with Gasteiger partial charge in [-0.3, -0.25) is 0 Å². The van der Waals surface area contributed by atoms with Crippen molar-refractivity contribution in [1.29, 1.82) is 0 Å². The maximum atomic E-state index is 3.71. The van der Waals surface area contributed by atoms with E-state index in [1.807, 2.05) is 6.08 Å². The summed E-state index contributed by atoms with van der Waals surface area (Å²) >= 11 is 0. The Balaban J connectivity index is 2.26. The molecular formula is C15H20N2. The van der Waals surface area contributed by atoms with Gasteiger partial charge in [-0.15, -0.1) is 6.58 Å². The van der Waals surface area contributed by atoms with Crippen LogP contribution < -0.4 is 5.32 Å². The van der Waals surface area contributed by atoms with Gasteiger partial charge in [-0.2, -0.15) is 0 Å². The lowest BCUT2D eigenvalue weighted by Crippen LogP contribution is -2.17. The summed E-state index contributed by atoms with van der Waals surface area (Å²) in [4.78, 5) is 0. The van der Waals surface area contributed by atoms with E-state index in [4.69, 9.17) is 0 Å². The van der Waals surface area contributed by atoms with E-state index >= 15 is 0 Å². The van der Waals surface area contributed by atoms with E-state index in [-0.39, 0.29) is 0 Å². The highest BCUT2D eigenvalue weighted by molar-refractivity contribution is 5.85. The Labute approximate surface area is 103 Å². The maximum absolute atomic E-state index is 3.71. The molecule has 0 saturated carbocycles. The van der Waals surface area contributed by atoms with Gasteiger partial charge in [0.15, 0.2) is 0 Å². The highest BCUT2D eigenvalue weighted by Crippen LogP contribution is 2.24. The summed E-state index contributed by atoms with van der Waals surface area (Å²) in [5.74, 6) is 0. The van der Waals surface area contributed by atoms with Crippen LogP contribution in [0.5, 0.6) is 0 Å². The molecular weight excluding hydrogens is 208 g/mol. The van der Waals surface area contributed by atoms with Gasteiger partial charge in [0.1, 0.15) is 0 Å². The number of fused-ring (bicyclic) bond motifs is 1. The minimum absolute atomic E-state index is 0.879. The van der Waals surface area contributed by atoms with Gasteiger partial charge >= 0.3 is 0 Å². The van der Waals surface area contributed by atoms with Crippen molar-refractivity contribution in [3.8, 4) is 0 Å². The topological polar surface area (TPSA) is 17.0 Å². The standard InChI is InChI=1S/C15H20N2/c1-4-10-16-11-9-13-12(2)17(3)15-8-6-5-7-14(13)15/h4-8,16H,1,9-11H2,2-3H3. The SMILES string of the molecule is C=CCNCCc1c(C)n(C)c2ccccc12. The Morgan fingerprint density at radius 1 is 1.35 bits per heavy atom. The Bertz CT molecular complexity index is 523. The van der Waals surface area contributed by atoms with Crippen molar-refractivity contribution < 1.29 is 0 Å². The highest BCUT2D eigenvalue weighted by atomic mass is 14.9. The van der Waals surface area contributed by atoms with Crippen LogP contribution in [0, 0.1) is 6.92 Å². The van der Waals surface area contributed by atoms with Crippen LogP contribution in [0.1, 0.15) is 11.3 Å². The smallest absolute Gasteiger partial charge is 0.0482 e. The normalized spacial score (nSPS) is 10.9. The van der Waals surface area contributed by atoms with Crippen molar-refractivity contribution in [3.63, 3.8) is 0 Å². The number of nitrogens with one attached hydrogen (secondary N) is 1. The van der Waals surface area contributed by atoms with E-state index in [0.717, 1.165) is 19.5 Å². The molecule has 2 heteroatoms. The van der Waals surface area contributed by atoms with E-state index in [1.165, 1.54) is 22.2 Å². The minimum atomic E-state index is 0.879. The van der Waals surface area contributed by atoms with Gasteiger partial charge in [-0.25, -0.2) is 0 Å². The zero-order valence-electron chi connectivity index (χ0n) is 10.7.